The zero-order valence-corrected chi connectivity index (χ0v) is 11.7. The molecule has 4 aromatic heterocycles. The van der Waals surface area contributed by atoms with Crippen molar-refractivity contribution in [3.8, 4) is 11.3 Å². The quantitative estimate of drug-likeness (QED) is 0.618. The van der Waals surface area contributed by atoms with Gasteiger partial charge in [-0.15, -0.1) is 0 Å². The lowest BCUT2D eigenvalue weighted by Crippen LogP contribution is -2.01. The molecule has 0 unspecified atom stereocenters. The van der Waals surface area contributed by atoms with Gasteiger partial charge in [0.25, 0.3) is 0 Å². The van der Waals surface area contributed by atoms with E-state index in [1.54, 1.807) is 41.7 Å². The number of aryl methyl sites for hydroxylation is 1. The number of fused-ring (bicyclic) bond motifs is 1. The number of rotatable bonds is 3. The Balaban J connectivity index is 1.80. The highest BCUT2D eigenvalue weighted by Crippen LogP contribution is 2.23. The second-order valence-electron chi connectivity index (χ2n) is 4.71. The maximum atomic E-state index is 4.45. The van der Waals surface area contributed by atoms with Crippen LogP contribution in [0.4, 0.5) is 11.8 Å². The number of nitrogens with zero attached hydrogens (tertiary/aromatic N) is 7. The highest BCUT2D eigenvalue weighted by molar-refractivity contribution is 5.72. The van der Waals surface area contributed by atoms with Crippen molar-refractivity contribution in [3.63, 3.8) is 0 Å². The zero-order chi connectivity index (χ0) is 14.9. The molecule has 0 amide bonds. The lowest BCUT2D eigenvalue weighted by Gasteiger charge is -2.05. The van der Waals surface area contributed by atoms with E-state index in [-0.39, 0.29) is 0 Å². The molecular formula is C14H12N8. The highest BCUT2D eigenvalue weighted by Gasteiger charge is 2.12. The van der Waals surface area contributed by atoms with Gasteiger partial charge in [-0.25, -0.2) is 19.9 Å². The van der Waals surface area contributed by atoms with Gasteiger partial charge in [-0.2, -0.15) is 5.10 Å². The van der Waals surface area contributed by atoms with E-state index in [0.29, 0.717) is 17.4 Å². The Hall–Kier alpha value is -3.29. The number of hydrogen-bond donors (Lipinski definition) is 1. The summed E-state index contributed by atoms with van der Waals surface area (Å²) in [6, 6.07) is 1.76. The molecule has 0 aliphatic carbocycles. The first kappa shape index (κ1) is 12.5. The van der Waals surface area contributed by atoms with Crippen LogP contribution in [0.3, 0.4) is 0 Å². The molecule has 0 aromatic carbocycles. The second kappa shape index (κ2) is 4.92. The maximum absolute atomic E-state index is 4.45. The average molecular weight is 292 g/mol. The van der Waals surface area contributed by atoms with Crippen LogP contribution in [-0.2, 0) is 7.05 Å². The fourth-order valence-electron chi connectivity index (χ4n) is 2.24. The first-order chi connectivity index (χ1) is 10.8. The summed E-state index contributed by atoms with van der Waals surface area (Å²) in [5.41, 5.74) is 2.64. The van der Waals surface area contributed by atoms with Gasteiger partial charge in [0.1, 0.15) is 0 Å². The number of anilines is 2. The standard InChI is InChI=1S/C14H12N8/c1-21-9-10(7-19-21)11-8-18-13-12(15-5-6-22(11)13)20-14-16-3-2-4-17-14/h2-9H,1H3,(H,15,16,17,20). The molecule has 0 saturated carbocycles. The molecule has 108 valence electrons. The Labute approximate surface area is 125 Å². The predicted octanol–water partition coefficient (Wildman–Crippen LogP) is 1.66. The molecule has 4 heterocycles. The fourth-order valence-corrected chi connectivity index (χ4v) is 2.24. The second-order valence-corrected chi connectivity index (χ2v) is 4.71. The Morgan fingerprint density at radius 2 is 1.86 bits per heavy atom. The van der Waals surface area contributed by atoms with Crippen LogP contribution < -0.4 is 5.32 Å². The lowest BCUT2D eigenvalue weighted by atomic mass is 10.3. The van der Waals surface area contributed by atoms with Crippen molar-refractivity contribution in [2.24, 2.45) is 7.05 Å². The Kier molecular flexibility index (Phi) is 2.78. The van der Waals surface area contributed by atoms with Gasteiger partial charge in [0.05, 0.1) is 18.1 Å². The monoisotopic (exact) mass is 292 g/mol. The van der Waals surface area contributed by atoms with E-state index in [9.17, 15) is 0 Å². The van der Waals surface area contributed by atoms with E-state index in [1.165, 1.54) is 0 Å². The van der Waals surface area contributed by atoms with E-state index in [4.69, 9.17) is 0 Å². The van der Waals surface area contributed by atoms with Crippen LogP contribution >= 0.6 is 0 Å². The van der Waals surface area contributed by atoms with Crippen LogP contribution in [0.25, 0.3) is 16.9 Å². The summed E-state index contributed by atoms with van der Waals surface area (Å²) in [5.74, 6) is 1.08. The van der Waals surface area contributed by atoms with Gasteiger partial charge in [-0.05, 0) is 6.07 Å². The Bertz CT molecular complexity index is 924. The largest absolute Gasteiger partial charge is 0.306 e. The van der Waals surface area contributed by atoms with Gasteiger partial charge in [-0.3, -0.25) is 9.08 Å². The molecule has 0 radical (unpaired) electrons. The predicted molar refractivity (Wildman–Crippen MR) is 80.5 cm³/mol. The van der Waals surface area contributed by atoms with E-state index in [0.717, 1.165) is 11.3 Å². The van der Waals surface area contributed by atoms with Crippen LogP contribution in [0, 0.1) is 0 Å². The minimum Gasteiger partial charge on any atom is -0.306 e. The van der Waals surface area contributed by atoms with Gasteiger partial charge < -0.3 is 5.32 Å². The van der Waals surface area contributed by atoms with Gasteiger partial charge in [-0.1, -0.05) is 0 Å². The van der Waals surface area contributed by atoms with Gasteiger partial charge in [0.2, 0.25) is 5.95 Å². The summed E-state index contributed by atoms with van der Waals surface area (Å²) in [6.45, 7) is 0. The molecule has 0 bridgehead atoms. The first-order valence-corrected chi connectivity index (χ1v) is 6.66. The molecule has 0 aliphatic heterocycles. The first-order valence-electron chi connectivity index (χ1n) is 6.66. The summed E-state index contributed by atoms with van der Waals surface area (Å²) in [7, 11) is 1.88. The Morgan fingerprint density at radius 3 is 2.64 bits per heavy atom. The van der Waals surface area contributed by atoms with Crippen molar-refractivity contribution in [2.45, 2.75) is 0 Å². The van der Waals surface area contributed by atoms with Crippen LogP contribution in [-0.4, -0.2) is 34.1 Å². The molecule has 4 rings (SSSR count). The average Bonchev–Trinajstić information content (AvgIpc) is 3.15. The number of aromatic nitrogens is 7. The molecule has 8 nitrogen and oxygen atoms in total. The highest BCUT2D eigenvalue weighted by atomic mass is 15.2. The van der Waals surface area contributed by atoms with Crippen LogP contribution in [0.1, 0.15) is 0 Å². The summed E-state index contributed by atoms with van der Waals surface area (Å²) in [5, 5.41) is 7.27. The van der Waals surface area contributed by atoms with E-state index in [2.05, 4.69) is 30.4 Å². The number of nitrogens with one attached hydrogen (secondary N) is 1. The van der Waals surface area contributed by atoms with Crippen molar-refractivity contribution < 1.29 is 0 Å². The summed E-state index contributed by atoms with van der Waals surface area (Å²) >= 11 is 0. The smallest absolute Gasteiger partial charge is 0.228 e. The number of hydrogen-bond acceptors (Lipinski definition) is 6. The SMILES string of the molecule is Cn1cc(-c2cnc3c(Nc4ncccn4)nccn23)cn1. The molecule has 0 saturated heterocycles. The van der Waals surface area contributed by atoms with Crippen LogP contribution in [0.2, 0.25) is 0 Å². The fraction of sp³-hybridized carbons (Fsp3) is 0.0714. The molecular weight excluding hydrogens is 280 g/mol. The van der Waals surface area contributed by atoms with Gasteiger partial charge >= 0.3 is 0 Å². The third-order valence-electron chi connectivity index (χ3n) is 3.22. The minimum absolute atomic E-state index is 0.481. The molecule has 8 heteroatoms. The normalized spacial score (nSPS) is 11.0. The molecule has 0 atom stereocenters. The van der Waals surface area contributed by atoms with Crippen LogP contribution in [0.15, 0.2) is 49.4 Å². The van der Waals surface area contributed by atoms with Crippen molar-refractivity contribution in [2.75, 3.05) is 5.32 Å². The van der Waals surface area contributed by atoms with Crippen molar-refractivity contribution in [3.05, 3.63) is 49.4 Å². The van der Waals surface area contributed by atoms with E-state index in [1.807, 2.05) is 23.8 Å². The molecule has 0 aliphatic rings. The van der Waals surface area contributed by atoms with E-state index >= 15 is 0 Å². The maximum Gasteiger partial charge on any atom is 0.228 e. The summed E-state index contributed by atoms with van der Waals surface area (Å²) < 4.78 is 3.71. The number of imidazole rings is 1. The molecule has 4 aromatic rings. The third kappa shape index (κ3) is 2.06. The van der Waals surface area contributed by atoms with Crippen LogP contribution in [0.5, 0.6) is 0 Å². The summed E-state index contributed by atoms with van der Waals surface area (Å²) in [4.78, 5) is 17.0. The lowest BCUT2D eigenvalue weighted by molar-refractivity contribution is 0.768. The minimum atomic E-state index is 0.481. The molecule has 22 heavy (non-hydrogen) atoms. The van der Waals surface area contributed by atoms with Crippen molar-refractivity contribution >= 4 is 17.4 Å². The van der Waals surface area contributed by atoms with E-state index < -0.39 is 0 Å². The third-order valence-corrected chi connectivity index (χ3v) is 3.22. The molecule has 1 N–H and O–H groups in total. The molecule has 0 fully saturated rings. The summed E-state index contributed by atoms with van der Waals surface area (Å²) in [6.07, 6.45) is 12.4. The van der Waals surface area contributed by atoms with Crippen molar-refractivity contribution in [1.82, 2.24) is 34.1 Å². The Morgan fingerprint density at radius 1 is 1.00 bits per heavy atom. The molecule has 0 spiro atoms. The van der Waals surface area contributed by atoms with Gasteiger partial charge in [0.15, 0.2) is 11.5 Å². The topological polar surface area (TPSA) is 85.8 Å². The van der Waals surface area contributed by atoms with Crippen molar-refractivity contribution in [1.29, 1.82) is 0 Å². The van der Waals surface area contributed by atoms with Gasteiger partial charge in [0, 0.05) is 43.6 Å². The zero-order valence-electron chi connectivity index (χ0n) is 11.7.